The van der Waals surface area contributed by atoms with Gasteiger partial charge >= 0.3 is 29.6 Å². The van der Waals surface area contributed by atoms with E-state index in [1.165, 1.54) is 0 Å². The number of rotatable bonds is 6. The third-order valence-corrected chi connectivity index (χ3v) is 3.44. The van der Waals surface area contributed by atoms with Crippen molar-refractivity contribution in [2.24, 2.45) is 0 Å². The third kappa shape index (κ3) is 6.72. The van der Waals surface area contributed by atoms with Gasteiger partial charge in [-0.1, -0.05) is 0 Å². The number of aliphatic hydroxyl groups is 5. The first kappa shape index (κ1) is 21.6. The predicted octanol–water partition coefficient (Wildman–Crippen LogP) is -7.29. The molecule has 10 nitrogen and oxygen atoms in total. The van der Waals surface area contributed by atoms with Crippen molar-refractivity contribution in [3.63, 3.8) is 0 Å². The Kier molecular flexibility index (Phi) is 9.33. The molecule has 0 aliphatic carbocycles. The van der Waals surface area contributed by atoms with E-state index in [2.05, 4.69) is 0 Å². The molecule has 0 bridgehead atoms. The van der Waals surface area contributed by atoms with Gasteiger partial charge in [-0.3, -0.25) is 0 Å². The molecule has 0 aromatic heterocycles. The second-order valence-electron chi connectivity index (χ2n) is 4.41. The molecule has 12 heteroatoms. The van der Waals surface area contributed by atoms with Crippen LogP contribution in [0, 0.1) is 0 Å². The van der Waals surface area contributed by atoms with Crippen LogP contribution in [0.3, 0.4) is 0 Å². The molecule has 0 saturated carbocycles. The van der Waals surface area contributed by atoms with E-state index < -0.39 is 65.9 Å². The van der Waals surface area contributed by atoms with Gasteiger partial charge in [0.1, 0.15) is 30.5 Å². The molecule has 6 atom stereocenters. The second kappa shape index (κ2) is 9.05. The zero-order valence-corrected chi connectivity index (χ0v) is 14.1. The molecule has 1 saturated heterocycles. The fraction of sp³-hybridized carbons (Fsp3) is 1.00. The van der Waals surface area contributed by atoms with Crippen molar-refractivity contribution < 1.29 is 77.5 Å². The van der Waals surface area contributed by atoms with Gasteiger partial charge in [-0.25, -0.2) is 8.42 Å². The van der Waals surface area contributed by atoms with Gasteiger partial charge in [0.2, 0.25) is 0 Å². The summed E-state index contributed by atoms with van der Waals surface area (Å²) in [5.74, 6) is -1.11. The fourth-order valence-electron chi connectivity index (χ4n) is 1.65. The van der Waals surface area contributed by atoms with Crippen molar-refractivity contribution in [2.75, 3.05) is 19.0 Å². The van der Waals surface area contributed by atoms with Gasteiger partial charge < -0.3 is 39.6 Å². The number of hydrogen-bond donors (Lipinski definition) is 5. The van der Waals surface area contributed by atoms with Crippen LogP contribution in [0.5, 0.6) is 0 Å². The Balaban J connectivity index is 0.00000400. The summed E-state index contributed by atoms with van der Waals surface area (Å²) in [6.45, 7) is -1.08. The molecular weight excluding hydrogens is 323 g/mol. The van der Waals surface area contributed by atoms with Gasteiger partial charge in [0, 0.05) is 0 Å². The van der Waals surface area contributed by atoms with Gasteiger partial charge in [-0.15, -0.1) is 0 Å². The van der Waals surface area contributed by atoms with E-state index >= 15 is 0 Å². The molecule has 1 heterocycles. The molecule has 1 aliphatic rings. The van der Waals surface area contributed by atoms with Crippen LogP contribution in [0.4, 0.5) is 0 Å². The largest absolute Gasteiger partial charge is 1.00 e. The summed E-state index contributed by atoms with van der Waals surface area (Å²) in [5.41, 5.74) is 0. The Morgan fingerprint density at radius 2 is 1.76 bits per heavy atom. The number of aliphatic hydroxyl groups excluding tert-OH is 5. The average molecular weight is 340 g/mol. The van der Waals surface area contributed by atoms with Crippen molar-refractivity contribution in [3.8, 4) is 0 Å². The molecule has 0 aromatic rings. The molecule has 1 fully saturated rings. The standard InChI is InChI=1S/C9H18O10S.Na/c10-1-4(11)2-18-9-8(14)7(13)6(12)5(19-9)3-20(15,16)17;/h4-14H,1-3H2,(H,15,16,17);/q;+1/p-1/t4-,5-,6-,7+,8-,9+;/m1./s1. The minimum Gasteiger partial charge on any atom is -0.748 e. The second-order valence-corrected chi connectivity index (χ2v) is 5.86. The Labute approximate surface area is 143 Å². The maximum atomic E-state index is 10.6. The topological polar surface area (TPSA) is 177 Å². The molecule has 0 aromatic carbocycles. The van der Waals surface area contributed by atoms with Crippen molar-refractivity contribution in [1.29, 1.82) is 0 Å². The van der Waals surface area contributed by atoms with Gasteiger partial charge in [-0.2, -0.15) is 0 Å². The summed E-state index contributed by atoms with van der Waals surface area (Å²) in [4.78, 5) is 0. The third-order valence-electron chi connectivity index (χ3n) is 2.70. The van der Waals surface area contributed by atoms with Crippen molar-refractivity contribution >= 4 is 10.1 Å². The van der Waals surface area contributed by atoms with E-state index in [0.717, 1.165) is 0 Å². The van der Waals surface area contributed by atoms with Crippen LogP contribution in [-0.4, -0.2) is 94.3 Å². The normalized spacial score (nSPS) is 35.0. The van der Waals surface area contributed by atoms with E-state index in [0.29, 0.717) is 0 Å². The summed E-state index contributed by atoms with van der Waals surface area (Å²) in [5, 5.41) is 46.3. The summed E-state index contributed by atoms with van der Waals surface area (Å²) in [6, 6.07) is 0. The van der Waals surface area contributed by atoms with E-state index in [1.54, 1.807) is 0 Å². The van der Waals surface area contributed by atoms with E-state index in [1.807, 2.05) is 0 Å². The Bertz CT molecular complexity index is 403. The molecule has 0 unspecified atom stereocenters. The summed E-state index contributed by atoms with van der Waals surface area (Å²) < 4.78 is 41.7. The van der Waals surface area contributed by atoms with Crippen LogP contribution in [0.2, 0.25) is 0 Å². The van der Waals surface area contributed by atoms with Crippen molar-refractivity contribution in [1.82, 2.24) is 0 Å². The predicted molar refractivity (Wildman–Crippen MR) is 60.3 cm³/mol. The molecule has 0 spiro atoms. The molecule has 21 heavy (non-hydrogen) atoms. The quantitative estimate of drug-likeness (QED) is 0.230. The van der Waals surface area contributed by atoms with Crippen molar-refractivity contribution in [2.45, 2.75) is 36.8 Å². The van der Waals surface area contributed by atoms with Crippen molar-refractivity contribution in [3.05, 3.63) is 0 Å². The van der Waals surface area contributed by atoms with Gasteiger partial charge in [0.25, 0.3) is 0 Å². The maximum Gasteiger partial charge on any atom is 1.00 e. The molecule has 0 radical (unpaired) electrons. The molecule has 5 N–H and O–H groups in total. The van der Waals surface area contributed by atoms with E-state index in [9.17, 15) is 28.3 Å². The van der Waals surface area contributed by atoms with Crippen LogP contribution in [0.25, 0.3) is 0 Å². The molecule has 1 aliphatic heterocycles. The van der Waals surface area contributed by atoms with Crippen LogP contribution < -0.4 is 29.6 Å². The van der Waals surface area contributed by atoms with Crippen LogP contribution >= 0.6 is 0 Å². The smallest absolute Gasteiger partial charge is 0.748 e. The maximum absolute atomic E-state index is 10.6. The molecule has 0 amide bonds. The Hall–Kier alpha value is 0.630. The van der Waals surface area contributed by atoms with Gasteiger partial charge in [-0.05, 0) is 0 Å². The number of ether oxygens (including phenoxy) is 2. The van der Waals surface area contributed by atoms with Crippen LogP contribution in [0.15, 0.2) is 0 Å². The number of hydrogen-bond acceptors (Lipinski definition) is 10. The first-order chi connectivity index (χ1) is 9.15. The summed E-state index contributed by atoms with van der Waals surface area (Å²) in [6.07, 6.45) is -9.67. The Morgan fingerprint density at radius 3 is 2.24 bits per heavy atom. The molecule has 1 rings (SSSR count). The van der Waals surface area contributed by atoms with E-state index in [4.69, 9.17) is 19.7 Å². The minimum absolute atomic E-state index is 0. The first-order valence-electron chi connectivity index (χ1n) is 5.69. The first-order valence-corrected chi connectivity index (χ1v) is 7.27. The van der Waals surface area contributed by atoms with E-state index in [-0.39, 0.29) is 29.6 Å². The fourth-order valence-corrected chi connectivity index (χ4v) is 2.33. The monoisotopic (exact) mass is 340 g/mol. The summed E-state index contributed by atoms with van der Waals surface area (Å²) >= 11 is 0. The van der Waals surface area contributed by atoms with Gasteiger partial charge in [0.15, 0.2) is 6.29 Å². The average Bonchev–Trinajstić information content (AvgIpc) is 2.36. The SMILES string of the molecule is O=S(=O)([O-])C[C@H]1O[C@H](OC[C@H](O)CO)[C@H](O)[C@@H](O)[C@@H]1O.[Na+]. The van der Waals surface area contributed by atoms with Crippen LogP contribution in [0.1, 0.15) is 0 Å². The zero-order valence-electron chi connectivity index (χ0n) is 11.3. The Morgan fingerprint density at radius 1 is 1.19 bits per heavy atom. The van der Waals surface area contributed by atoms with Crippen LogP contribution in [-0.2, 0) is 19.6 Å². The van der Waals surface area contributed by atoms with Gasteiger partial charge in [0.05, 0.1) is 29.1 Å². The zero-order chi connectivity index (χ0) is 15.5. The summed E-state index contributed by atoms with van der Waals surface area (Å²) in [7, 11) is -4.73. The molecular formula is C9H17NaO10S. The minimum atomic E-state index is -4.73. The molecule has 120 valence electrons.